The largest absolute Gasteiger partial charge is 0.458 e. The number of rotatable bonds is 4. The second kappa shape index (κ2) is 6.18. The highest BCUT2D eigenvalue weighted by Gasteiger charge is 2.21. The van der Waals surface area contributed by atoms with E-state index in [0.29, 0.717) is 13.2 Å². The van der Waals surface area contributed by atoms with Crippen LogP contribution in [-0.4, -0.2) is 51.1 Å². The molecule has 0 aliphatic carbocycles. The molecule has 0 saturated carbocycles. The van der Waals surface area contributed by atoms with Crippen molar-refractivity contribution in [2.24, 2.45) is 0 Å². The third-order valence-corrected chi connectivity index (χ3v) is 2.91. The minimum absolute atomic E-state index is 0.0656. The van der Waals surface area contributed by atoms with Crippen LogP contribution in [0.2, 0.25) is 0 Å². The lowest BCUT2D eigenvalue weighted by Gasteiger charge is -2.22. The first kappa shape index (κ1) is 11.8. The molecule has 16 heavy (non-hydrogen) atoms. The molecular formula is C11H19NO4. The maximum Gasteiger partial charge on any atom is 0.332 e. The van der Waals surface area contributed by atoms with Crippen molar-refractivity contribution in [2.45, 2.75) is 31.5 Å². The molecule has 1 N–H and O–H groups in total. The molecule has 2 saturated heterocycles. The Morgan fingerprint density at radius 1 is 1.25 bits per heavy atom. The Morgan fingerprint density at radius 3 is 2.75 bits per heavy atom. The third kappa shape index (κ3) is 3.73. The van der Waals surface area contributed by atoms with Gasteiger partial charge < -0.3 is 19.5 Å². The number of hydrogen-bond donors (Lipinski definition) is 1. The fraction of sp³-hybridized carbons (Fsp3) is 0.909. The van der Waals surface area contributed by atoms with E-state index in [4.69, 9.17) is 14.2 Å². The summed E-state index contributed by atoms with van der Waals surface area (Å²) in [6, 6.07) is 0. The van der Waals surface area contributed by atoms with Gasteiger partial charge in [-0.15, -0.1) is 0 Å². The number of esters is 1. The summed E-state index contributed by atoms with van der Waals surface area (Å²) in [6.45, 7) is 3.22. The maximum absolute atomic E-state index is 11.4. The van der Waals surface area contributed by atoms with Gasteiger partial charge in [-0.2, -0.15) is 0 Å². The molecule has 2 rings (SSSR count). The summed E-state index contributed by atoms with van der Waals surface area (Å²) >= 11 is 0. The van der Waals surface area contributed by atoms with Crippen molar-refractivity contribution in [3.63, 3.8) is 0 Å². The van der Waals surface area contributed by atoms with Crippen molar-refractivity contribution in [3.8, 4) is 0 Å². The van der Waals surface area contributed by atoms with E-state index < -0.39 is 0 Å². The van der Waals surface area contributed by atoms with Gasteiger partial charge in [-0.05, 0) is 25.9 Å². The van der Waals surface area contributed by atoms with Gasteiger partial charge in [-0.1, -0.05) is 0 Å². The summed E-state index contributed by atoms with van der Waals surface area (Å²) in [5, 5.41) is 3.25. The van der Waals surface area contributed by atoms with Crippen LogP contribution in [0.4, 0.5) is 0 Å². The molecule has 2 aliphatic rings. The van der Waals surface area contributed by atoms with Gasteiger partial charge in [0.25, 0.3) is 0 Å². The molecule has 0 aromatic heterocycles. The van der Waals surface area contributed by atoms with Crippen LogP contribution >= 0.6 is 0 Å². The number of carbonyl (C=O) groups excluding carboxylic acids is 1. The van der Waals surface area contributed by atoms with Crippen LogP contribution < -0.4 is 5.32 Å². The number of hydrogen-bond acceptors (Lipinski definition) is 5. The number of ether oxygens (including phenoxy) is 3. The molecule has 2 fully saturated rings. The number of carbonyl (C=O) groups is 1. The fourth-order valence-electron chi connectivity index (χ4n) is 1.97. The molecule has 1 atom stereocenters. The van der Waals surface area contributed by atoms with E-state index in [-0.39, 0.29) is 24.8 Å². The molecule has 5 nitrogen and oxygen atoms in total. The molecule has 0 amide bonds. The average Bonchev–Trinajstić information content (AvgIpc) is 2.81. The van der Waals surface area contributed by atoms with E-state index in [1.54, 1.807) is 0 Å². The number of piperidine rings is 1. The predicted octanol–water partition coefficient (Wildman–Crippen LogP) is 0.0871. The molecule has 92 valence electrons. The predicted molar refractivity (Wildman–Crippen MR) is 57.2 cm³/mol. The van der Waals surface area contributed by atoms with Crippen LogP contribution in [0, 0.1) is 0 Å². The summed E-state index contributed by atoms with van der Waals surface area (Å²) < 4.78 is 15.8. The molecule has 1 unspecified atom stereocenters. The Balaban J connectivity index is 1.59. The first-order chi connectivity index (χ1) is 7.84. The van der Waals surface area contributed by atoms with Crippen molar-refractivity contribution in [1.29, 1.82) is 0 Å². The Morgan fingerprint density at radius 2 is 2.06 bits per heavy atom. The normalized spacial score (nSPS) is 26.9. The van der Waals surface area contributed by atoms with E-state index in [1.807, 2.05) is 0 Å². The first-order valence-corrected chi connectivity index (χ1v) is 5.94. The summed E-state index contributed by atoms with van der Waals surface area (Å²) in [5.74, 6) is -0.269. The van der Waals surface area contributed by atoms with Gasteiger partial charge in [0.1, 0.15) is 12.7 Å². The Hall–Kier alpha value is -0.650. The van der Waals surface area contributed by atoms with E-state index >= 15 is 0 Å². The molecule has 5 heteroatoms. The summed E-state index contributed by atoms with van der Waals surface area (Å²) in [4.78, 5) is 11.4. The zero-order valence-corrected chi connectivity index (χ0v) is 9.44. The van der Waals surface area contributed by atoms with Crippen LogP contribution in [0.25, 0.3) is 0 Å². The highest BCUT2D eigenvalue weighted by atomic mass is 16.6. The second-order valence-corrected chi connectivity index (χ2v) is 4.24. The van der Waals surface area contributed by atoms with Crippen LogP contribution in [0.1, 0.15) is 19.3 Å². The zero-order valence-electron chi connectivity index (χ0n) is 9.44. The van der Waals surface area contributed by atoms with Crippen LogP contribution in [-0.2, 0) is 19.0 Å². The highest BCUT2D eigenvalue weighted by Crippen LogP contribution is 2.10. The van der Waals surface area contributed by atoms with Crippen LogP contribution in [0.15, 0.2) is 0 Å². The topological polar surface area (TPSA) is 56.8 Å². The fourth-order valence-corrected chi connectivity index (χ4v) is 1.97. The Kier molecular flexibility index (Phi) is 4.56. The van der Waals surface area contributed by atoms with E-state index in [0.717, 1.165) is 32.4 Å². The smallest absolute Gasteiger partial charge is 0.332 e. The van der Waals surface area contributed by atoms with Crippen molar-refractivity contribution >= 4 is 5.97 Å². The van der Waals surface area contributed by atoms with Crippen molar-refractivity contribution in [1.82, 2.24) is 5.32 Å². The van der Waals surface area contributed by atoms with Gasteiger partial charge in [-0.3, -0.25) is 0 Å². The van der Waals surface area contributed by atoms with E-state index in [1.165, 1.54) is 0 Å². The van der Waals surface area contributed by atoms with Crippen LogP contribution in [0.5, 0.6) is 0 Å². The lowest BCUT2D eigenvalue weighted by Crippen LogP contribution is -2.34. The standard InChI is InChI=1S/C11H19NO4/c13-11(16-10-3-6-14-7-10)8-15-9-1-4-12-5-2-9/h9-10,12H,1-8H2. The van der Waals surface area contributed by atoms with Gasteiger partial charge >= 0.3 is 5.97 Å². The highest BCUT2D eigenvalue weighted by molar-refractivity contribution is 5.70. The van der Waals surface area contributed by atoms with Gasteiger partial charge in [0, 0.05) is 6.42 Å². The van der Waals surface area contributed by atoms with E-state index in [2.05, 4.69) is 5.32 Å². The minimum atomic E-state index is -0.269. The lowest BCUT2D eigenvalue weighted by molar-refractivity contribution is -0.156. The quantitative estimate of drug-likeness (QED) is 0.692. The van der Waals surface area contributed by atoms with E-state index in [9.17, 15) is 4.79 Å². The zero-order chi connectivity index (χ0) is 11.2. The van der Waals surface area contributed by atoms with Gasteiger partial charge in [0.2, 0.25) is 0 Å². The van der Waals surface area contributed by atoms with Crippen molar-refractivity contribution in [3.05, 3.63) is 0 Å². The van der Waals surface area contributed by atoms with Gasteiger partial charge in [0.15, 0.2) is 0 Å². The molecule has 0 aromatic rings. The SMILES string of the molecule is O=C(COC1CCNCC1)OC1CCOC1. The summed E-state index contributed by atoms with van der Waals surface area (Å²) in [5.41, 5.74) is 0. The summed E-state index contributed by atoms with van der Waals surface area (Å²) in [6.07, 6.45) is 2.89. The number of nitrogens with one attached hydrogen (secondary N) is 1. The molecule has 0 radical (unpaired) electrons. The minimum Gasteiger partial charge on any atom is -0.458 e. The molecule has 0 bridgehead atoms. The molecule has 0 aromatic carbocycles. The average molecular weight is 229 g/mol. The molecular weight excluding hydrogens is 210 g/mol. The maximum atomic E-state index is 11.4. The first-order valence-electron chi connectivity index (χ1n) is 5.94. The molecule has 0 spiro atoms. The lowest BCUT2D eigenvalue weighted by atomic mass is 10.1. The Labute approximate surface area is 95.4 Å². The van der Waals surface area contributed by atoms with Gasteiger partial charge in [-0.25, -0.2) is 4.79 Å². The van der Waals surface area contributed by atoms with Crippen molar-refractivity contribution in [2.75, 3.05) is 32.9 Å². The van der Waals surface area contributed by atoms with Crippen LogP contribution in [0.3, 0.4) is 0 Å². The molecule has 2 aliphatic heterocycles. The third-order valence-electron chi connectivity index (χ3n) is 2.91. The van der Waals surface area contributed by atoms with Gasteiger partial charge in [0.05, 0.1) is 19.3 Å². The monoisotopic (exact) mass is 229 g/mol. The van der Waals surface area contributed by atoms with Crippen molar-refractivity contribution < 1.29 is 19.0 Å². The summed E-state index contributed by atoms with van der Waals surface area (Å²) in [7, 11) is 0. The Bertz CT molecular complexity index is 222. The molecule has 2 heterocycles. The second-order valence-electron chi connectivity index (χ2n) is 4.24.